The second-order valence-electron chi connectivity index (χ2n) is 7.92. The summed E-state index contributed by atoms with van der Waals surface area (Å²) in [6.07, 6.45) is 4.17. The Morgan fingerprint density at radius 3 is 2.47 bits per heavy atom. The molecule has 0 aromatic heterocycles. The topological polar surface area (TPSA) is 26.7 Å². The molecule has 1 saturated heterocycles. The molecule has 0 spiro atoms. The first kappa shape index (κ1) is 19.4. The standard InChI is InChI=1S/C26H28N2OS/c29-20-23-10-6-18-30(23)26-13-4-2-8-22(26)19-27-14-16-28(17-15-27)25-12-5-9-21-7-1-3-11-24(21)25/h1-13,18,29-30H,14-17,19-20H2. The van der Waals surface area contributed by atoms with Crippen molar-refractivity contribution in [1.29, 1.82) is 0 Å². The number of hydrogen-bond donors (Lipinski definition) is 2. The van der Waals surface area contributed by atoms with Crippen LogP contribution in [0.1, 0.15) is 5.56 Å². The number of aliphatic hydroxyl groups is 1. The van der Waals surface area contributed by atoms with E-state index in [-0.39, 0.29) is 6.61 Å². The molecule has 1 atom stereocenters. The predicted octanol–water partition coefficient (Wildman–Crippen LogP) is 4.93. The zero-order valence-electron chi connectivity index (χ0n) is 17.1. The van der Waals surface area contributed by atoms with Gasteiger partial charge in [0.2, 0.25) is 0 Å². The number of hydrogen-bond acceptors (Lipinski definition) is 3. The molecule has 3 nitrogen and oxygen atoms in total. The van der Waals surface area contributed by atoms with E-state index in [1.54, 1.807) is 0 Å². The number of aliphatic hydroxyl groups excluding tert-OH is 1. The van der Waals surface area contributed by atoms with Gasteiger partial charge in [-0.3, -0.25) is 4.90 Å². The molecule has 2 aliphatic heterocycles. The van der Waals surface area contributed by atoms with Crippen LogP contribution < -0.4 is 4.90 Å². The maximum absolute atomic E-state index is 9.71. The molecule has 4 heteroatoms. The summed E-state index contributed by atoms with van der Waals surface area (Å²) in [5.41, 5.74) is 2.75. The average molecular weight is 417 g/mol. The summed E-state index contributed by atoms with van der Waals surface area (Å²) in [6, 6.07) is 24.1. The maximum atomic E-state index is 9.71. The van der Waals surface area contributed by atoms with Crippen molar-refractivity contribution in [3.63, 3.8) is 0 Å². The number of piperazine rings is 1. The van der Waals surface area contributed by atoms with Crippen LogP contribution in [0.5, 0.6) is 0 Å². The molecular weight excluding hydrogens is 388 g/mol. The van der Waals surface area contributed by atoms with E-state index in [0.29, 0.717) is 0 Å². The van der Waals surface area contributed by atoms with Crippen molar-refractivity contribution in [3.05, 3.63) is 94.8 Å². The van der Waals surface area contributed by atoms with Crippen molar-refractivity contribution in [2.75, 3.05) is 37.7 Å². The minimum absolute atomic E-state index is 0.150. The van der Waals surface area contributed by atoms with E-state index in [2.05, 4.69) is 94.1 Å². The fourth-order valence-electron chi connectivity index (χ4n) is 4.53. The monoisotopic (exact) mass is 416 g/mol. The van der Waals surface area contributed by atoms with Crippen LogP contribution >= 0.6 is 10.9 Å². The van der Waals surface area contributed by atoms with Gasteiger partial charge >= 0.3 is 0 Å². The lowest BCUT2D eigenvalue weighted by Gasteiger charge is -2.37. The van der Waals surface area contributed by atoms with Crippen LogP contribution in [0.25, 0.3) is 10.8 Å². The zero-order valence-corrected chi connectivity index (χ0v) is 18.0. The highest BCUT2D eigenvalue weighted by Crippen LogP contribution is 2.49. The first-order valence-corrected chi connectivity index (χ1v) is 12.0. The molecular formula is C26H28N2OS. The lowest BCUT2D eigenvalue weighted by atomic mass is 10.1. The van der Waals surface area contributed by atoms with Crippen molar-refractivity contribution in [3.8, 4) is 0 Å². The number of benzene rings is 3. The van der Waals surface area contributed by atoms with E-state index >= 15 is 0 Å². The van der Waals surface area contributed by atoms with E-state index < -0.39 is 10.9 Å². The number of rotatable bonds is 5. The van der Waals surface area contributed by atoms with Gasteiger partial charge in [-0.05, 0) is 38.3 Å². The third-order valence-corrected chi connectivity index (χ3v) is 8.45. The molecule has 0 aliphatic carbocycles. The van der Waals surface area contributed by atoms with Gasteiger partial charge in [-0.25, -0.2) is 0 Å². The van der Waals surface area contributed by atoms with Gasteiger partial charge in [0.05, 0.1) is 6.61 Å². The normalized spacial score (nSPS) is 20.6. The number of fused-ring (bicyclic) bond motifs is 1. The van der Waals surface area contributed by atoms with Gasteiger partial charge in [-0.2, -0.15) is 10.9 Å². The summed E-state index contributed by atoms with van der Waals surface area (Å²) in [4.78, 5) is 7.63. The Bertz CT molecular complexity index is 1090. The van der Waals surface area contributed by atoms with Crippen LogP contribution in [0.15, 0.2) is 94.1 Å². The molecule has 3 aromatic carbocycles. The molecule has 0 radical (unpaired) electrons. The Hall–Kier alpha value is -2.53. The number of thiol groups is 1. The highest BCUT2D eigenvalue weighted by atomic mass is 32.2. The van der Waals surface area contributed by atoms with Gasteiger partial charge in [0, 0.05) is 43.8 Å². The molecule has 154 valence electrons. The molecule has 2 heterocycles. The van der Waals surface area contributed by atoms with E-state index in [9.17, 15) is 5.11 Å². The predicted molar refractivity (Wildman–Crippen MR) is 129 cm³/mol. The van der Waals surface area contributed by atoms with Crippen LogP contribution in [-0.2, 0) is 6.54 Å². The second kappa shape index (κ2) is 8.68. The maximum Gasteiger partial charge on any atom is 0.0729 e. The van der Waals surface area contributed by atoms with E-state index in [0.717, 1.165) is 37.6 Å². The van der Waals surface area contributed by atoms with Crippen LogP contribution in [0.3, 0.4) is 0 Å². The molecule has 1 unspecified atom stereocenters. The minimum Gasteiger partial charge on any atom is -0.391 e. The van der Waals surface area contributed by atoms with Gasteiger partial charge in [0.25, 0.3) is 0 Å². The first-order valence-electron chi connectivity index (χ1n) is 10.6. The van der Waals surface area contributed by atoms with Crippen LogP contribution in [0, 0.1) is 0 Å². The fraction of sp³-hybridized carbons (Fsp3) is 0.231. The highest BCUT2D eigenvalue weighted by Gasteiger charge is 2.21. The fourth-order valence-corrected chi connectivity index (χ4v) is 6.55. The van der Waals surface area contributed by atoms with Crippen LogP contribution in [0.4, 0.5) is 5.69 Å². The minimum atomic E-state index is -0.523. The summed E-state index contributed by atoms with van der Waals surface area (Å²) in [6.45, 7) is 5.35. The van der Waals surface area contributed by atoms with Gasteiger partial charge in [-0.15, -0.1) is 0 Å². The van der Waals surface area contributed by atoms with E-state index in [1.807, 2.05) is 0 Å². The quantitative estimate of drug-likeness (QED) is 0.578. The Kier molecular flexibility index (Phi) is 5.63. The number of allylic oxidation sites excluding steroid dienone is 2. The van der Waals surface area contributed by atoms with Gasteiger partial charge in [0.1, 0.15) is 0 Å². The summed E-state index contributed by atoms with van der Waals surface area (Å²) < 4.78 is 0. The van der Waals surface area contributed by atoms with Crippen molar-refractivity contribution in [1.82, 2.24) is 4.90 Å². The van der Waals surface area contributed by atoms with Gasteiger partial charge < -0.3 is 10.0 Å². The molecule has 5 rings (SSSR count). The SMILES string of the molecule is OCC1=CC=C[SH]1c1ccccc1CN1CCN(c2cccc3ccccc23)CC1. The van der Waals surface area contributed by atoms with Crippen LogP contribution in [-0.4, -0.2) is 42.8 Å². The summed E-state index contributed by atoms with van der Waals surface area (Å²) in [5, 5.41) is 14.6. The molecule has 2 aliphatic rings. The Morgan fingerprint density at radius 2 is 1.60 bits per heavy atom. The molecule has 1 fully saturated rings. The second-order valence-corrected chi connectivity index (χ2v) is 10.0. The van der Waals surface area contributed by atoms with Crippen molar-refractivity contribution >= 4 is 27.4 Å². The number of anilines is 1. The molecule has 30 heavy (non-hydrogen) atoms. The average Bonchev–Trinajstić information content (AvgIpc) is 3.28. The Balaban J connectivity index is 1.30. The zero-order chi connectivity index (χ0) is 20.3. The van der Waals surface area contributed by atoms with Crippen molar-refractivity contribution in [2.24, 2.45) is 0 Å². The molecule has 0 amide bonds. The smallest absolute Gasteiger partial charge is 0.0729 e. The highest BCUT2D eigenvalue weighted by molar-refractivity contribution is 8.23. The third-order valence-electron chi connectivity index (χ3n) is 6.12. The Morgan fingerprint density at radius 1 is 0.833 bits per heavy atom. The van der Waals surface area contributed by atoms with Crippen molar-refractivity contribution in [2.45, 2.75) is 11.4 Å². The van der Waals surface area contributed by atoms with E-state index in [4.69, 9.17) is 0 Å². The third kappa shape index (κ3) is 3.79. The largest absolute Gasteiger partial charge is 0.391 e. The molecule has 1 N–H and O–H groups in total. The first-order chi connectivity index (χ1) is 14.8. The van der Waals surface area contributed by atoms with Gasteiger partial charge in [0.15, 0.2) is 0 Å². The van der Waals surface area contributed by atoms with Crippen molar-refractivity contribution < 1.29 is 5.11 Å². The lowest BCUT2D eigenvalue weighted by molar-refractivity contribution is 0.248. The Labute approximate surface area is 181 Å². The van der Waals surface area contributed by atoms with Gasteiger partial charge in [-0.1, -0.05) is 66.7 Å². The lowest BCUT2D eigenvalue weighted by Crippen LogP contribution is -2.46. The summed E-state index contributed by atoms with van der Waals surface area (Å²) in [5.74, 6) is 0. The van der Waals surface area contributed by atoms with Crippen LogP contribution in [0.2, 0.25) is 0 Å². The van der Waals surface area contributed by atoms with E-state index in [1.165, 1.54) is 26.9 Å². The summed E-state index contributed by atoms with van der Waals surface area (Å²) in [7, 11) is -0.523. The molecule has 0 saturated carbocycles. The molecule has 3 aromatic rings. The molecule has 0 bridgehead atoms. The summed E-state index contributed by atoms with van der Waals surface area (Å²) >= 11 is 0. The number of nitrogens with zero attached hydrogens (tertiary/aromatic N) is 2.